The van der Waals surface area contributed by atoms with Crippen LogP contribution in [0.2, 0.25) is 0 Å². The summed E-state index contributed by atoms with van der Waals surface area (Å²) in [4.78, 5) is 5.59. The van der Waals surface area contributed by atoms with Crippen LogP contribution in [0.1, 0.15) is 26.3 Å². The van der Waals surface area contributed by atoms with Crippen molar-refractivity contribution in [3.05, 3.63) is 48.0 Å². The molecular formula is C16H16S2. The predicted octanol–water partition coefficient (Wildman–Crippen LogP) is 5.60. The van der Waals surface area contributed by atoms with Crippen molar-refractivity contribution in [2.75, 3.05) is 0 Å². The third-order valence-electron chi connectivity index (χ3n) is 3.07. The molecule has 0 bridgehead atoms. The highest BCUT2D eigenvalue weighted by atomic mass is 32.2. The summed E-state index contributed by atoms with van der Waals surface area (Å²) in [6.07, 6.45) is 0. The highest BCUT2D eigenvalue weighted by Gasteiger charge is 2.24. The lowest BCUT2D eigenvalue weighted by Gasteiger charge is -2.27. The predicted molar refractivity (Wildman–Crippen MR) is 79.8 cm³/mol. The second-order valence-electron chi connectivity index (χ2n) is 5.53. The van der Waals surface area contributed by atoms with Crippen LogP contribution < -0.4 is 0 Å². The van der Waals surface area contributed by atoms with Gasteiger partial charge in [0.2, 0.25) is 0 Å². The fourth-order valence-electron chi connectivity index (χ4n) is 2.14. The summed E-state index contributed by atoms with van der Waals surface area (Å²) >= 11 is 3.81. The molecule has 2 heteroatoms. The maximum Gasteiger partial charge on any atom is 0.0299 e. The molecule has 0 N–H and O–H groups in total. The van der Waals surface area contributed by atoms with E-state index in [1.54, 1.807) is 0 Å². The molecule has 0 atom stereocenters. The standard InChI is InChI=1S/C16H16S2/c1-16(2,3)11-7-6-10-14-15(11)18-13-9-5-4-8-12(13)17-14/h4-10H,1-3H3. The first kappa shape index (κ1) is 12.2. The van der Waals surface area contributed by atoms with Crippen LogP contribution in [0.25, 0.3) is 0 Å². The lowest BCUT2D eigenvalue weighted by Crippen LogP contribution is -2.13. The first-order valence-electron chi connectivity index (χ1n) is 6.14. The molecule has 3 rings (SSSR count). The summed E-state index contributed by atoms with van der Waals surface area (Å²) in [5.41, 5.74) is 1.65. The maximum absolute atomic E-state index is 2.29. The van der Waals surface area contributed by atoms with Gasteiger partial charge in [0.1, 0.15) is 0 Å². The minimum atomic E-state index is 0.200. The van der Waals surface area contributed by atoms with Crippen molar-refractivity contribution >= 4 is 23.5 Å². The Kier molecular flexibility index (Phi) is 2.95. The fraction of sp³-hybridized carbons (Fsp3) is 0.250. The molecule has 0 radical (unpaired) electrons. The van der Waals surface area contributed by atoms with E-state index in [9.17, 15) is 0 Å². The van der Waals surface area contributed by atoms with Gasteiger partial charge in [-0.15, -0.1) is 0 Å². The Balaban J connectivity index is 2.14. The molecule has 0 fully saturated rings. The molecule has 0 nitrogen and oxygen atoms in total. The zero-order valence-electron chi connectivity index (χ0n) is 10.9. The van der Waals surface area contributed by atoms with Crippen LogP contribution in [-0.2, 0) is 5.41 Å². The van der Waals surface area contributed by atoms with Gasteiger partial charge in [0.15, 0.2) is 0 Å². The molecule has 0 aliphatic carbocycles. The van der Waals surface area contributed by atoms with E-state index >= 15 is 0 Å². The van der Waals surface area contributed by atoms with E-state index in [2.05, 4.69) is 63.2 Å². The van der Waals surface area contributed by atoms with Gasteiger partial charge in [-0.3, -0.25) is 0 Å². The minimum absolute atomic E-state index is 0.200. The zero-order valence-corrected chi connectivity index (χ0v) is 12.5. The lowest BCUT2D eigenvalue weighted by atomic mass is 9.87. The van der Waals surface area contributed by atoms with Crippen LogP contribution in [0.4, 0.5) is 0 Å². The second kappa shape index (κ2) is 4.36. The van der Waals surface area contributed by atoms with Crippen LogP contribution in [-0.4, -0.2) is 0 Å². The summed E-state index contributed by atoms with van der Waals surface area (Å²) in [5.74, 6) is 0. The van der Waals surface area contributed by atoms with E-state index < -0.39 is 0 Å². The quantitative estimate of drug-likeness (QED) is 0.522. The van der Waals surface area contributed by atoms with Crippen molar-refractivity contribution in [1.82, 2.24) is 0 Å². The Morgan fingerprint density at radius 2 is 1.33 bits per heavy atom. The molecule has 1 aliphatic heterocycles. The molecule has 18 heavy (non-hydrogen) atoms. The molecule has 0 saturated carbocycles. The van der Waals surface area contributed by atoms with Gasteiger partial charge in [-0.2, -0.15) is 0 Å². The van der Waals surface area contributed by atoms with Crippen molar-refractivity contribution in [2.45, 2.75) is 45.8 Å². The van der Waals surface area contributed by atoms with Crippen molar-refractivity contribution in [1.29, 1.82) is 0 Å². The van der Waals surface area contributed by atoms with Crippen LogP contribution in [0.3, 0.4) is 0 Å². The molecule has 2 aromatic rings. The zero-order chi connectivity index (χ0) is 12.8. The van der Waals surface area contributed by atoms with Crippen LogP contribution in [0.15, 0.2) is 62.0 Å². The van der Waals surface area contributed by atoms with Gasteiger partial charge in [-0.1, -0.05) is 68.6 Å². The average Bonchev–Trinajstić information content (AvgIpc) is 2.34. The summed E-state index contributed by atoms with van der Waals surface area (Å²) < 4.78 is 0. The second-order valence-corrected chi connectivity index (χ2v) is 7.67. The molecule has 0 unspecified atom stereocenters. The van der Waals surface area contributed by atoms with Gasteiger partial charge < -0.3 is 0 Å². The number of fused-ring (bicyclic) bond motifs is 2. The summed E-state index contributed by atoms with van der Waals surface area (Å²) in [6, 6.07) is 15.3. The van der Waals surface area contributed by atoms with Gasteiger partial charge in [0.25, 0.3) is 0 Å². The van der Waals surface area contributed by atoms with Crippen molar-refractivity contribution in [3.8, 4) is 0 Å². The van der Waals surface area contributed by atoms with Gasteiger partial charge in [0, 0.05) is 19.6 Å². The first-order valence-corrected chi connectivity index (χ1v) is 7.77. The molecular weight excluding hydrogens is 256 g/mol. The largest absolute Gasteiger partial charge is 0.0877 e. The van der Waals surface area contributed by atoms with E-state index in [-0.39, 0.29) is 5.41 Å². The molecule has 0 amide bonds. The number of hydrogen-bond acceptors (Lipinski definition) is 2. The van der Waals surface area contributed by atoms with Crippen LogP contribution in [0, 0.1) is 0 Å². The SMILES string of the molecule is CC(C)(C)c1cccc2c1Sc1ccccc1S2. The Labute approximate surface area is 117 Å². The first-order chi connectivity index (χ1) is 8.55. The molecule has 1 aliphatic rings. The molecule has 1 heterocycles. The highest BCUT2D eigenvalue weighted by molar-refractivity contribution is 8.05. The van der Waals surface area contributed by atoms with Crippen molar-refractivity contribution in [2.24, 2.45) is 0 Å². The summed E-state index contributed by atoms with van der Waals surface area (Å²) in [7, 11) is 0. The van der Waals surface area contributed by atoms with E-state index in [0.717, 1.165) is 0 Å². The van der Waals surface area contributed by atoms with Crippen LogP contribution in [0.5, 0.6) is 0 Å². The Morgan fingerprint density at radius 3 is 2.00 bits per heavy atom. The van der Waals surface area contributed by atoms with Gasteiger partial charge in [-0.25, -0.2) is 0 Å². The number of rotatable bonds is 0. The van der Waals surface area contributed by atoms with Gasteiger partial charge >= 0.3 is 0 Å². The number of hydrogen-bond donors (Lipinski definition) is 0. The topological polar surface area (TPSA) is 0 Å². The minimum Gasteiger partial charge on any atom is -0.0877 e. The maximum atomic E-state index is 2.29. The third kappa shape index (κ3) is 2.08. The van der Waals surface area contributed by atoms with Crippen molar-refractivity contribution < 1.29 is 0 Å². The van der Waals surface area contributed by atoms with Crippen molar-refractivity contribution in [3.63, 3.8) is 0 Å². The van der Waals surface area contributed by atoms with Crippen LogP contribution >= 0.6 is 23.5 Å². The Hall–Kier alpha value is -0.860. The van der Waals surface area contributed by atoms with Gasteiger partial charge in [-0.05, 0) is 29.2 Å². The Morgan fingerprint density at radius 1 is 0.722 bits per heavy atom. The normalized spacial score (nSPS) is 13.9. The molecule has 0 aromatic heterocycles. The van der Waals surface area contributed by atoms with E-state index in [1.165, 1.54) is 25.1 Å². The fourth-order valence-corrected chi connectivity index (χ4v) is 4.73. The molecule has 0 saturated heterocycles. The molecule has 2 aromatic carbocycles. The molecule has 0 spiro atoms. The van der Waals surface area contributed by atoms with E-state index in [1.807, 2.05) is 23.5 Å². The third-order valence-corrected chi connectivity index (χ3v) is 5.68. The summed E-state index contributed by atoms with van der Waals surface area (Å²) in [6.45, 7) is 6.86. The smallest absolute Gasteiger partial charge is 0.0299 e. The average molecular weight is 272 g/mol. The monoisotopic (exact) mass is 272 g/mol. The Bertz CT molecular complexity index is 594. The van der Waals surface area contributed by atoms with Gasteiger partial charge in [0.05, 0.1) is 0 Å². The highest BCUT2D eigenvalue weighted by Crippen LogP contribution is 2.51. The van der Waals surface area contributed by atoms with E-state index in [0.29, 0.717) is 0 Å². The van der Waals surface area contributed by atoms with E-state index in [4.69, 9.17) is 0 Å². The summed E-state index contributed by atoms with van der Waals surface area (Å²) in [5, 5.41) is 0. The lowest BCUT2D eigenvalue weighted by molar-refractivity contribution is 0.574. The molecule has 92 valence electrons. The number of benzene rings is 2.